The van der Waals surface area contributed by atoms with Crippen LogP contribution in [-0.2, 0) is 14.8 Å². The number of carbonyl (C=O) groups is 1. The summed E-state index contributed by atoms with van der Waals surface area (Å²) in [6, 6.07) is 1.71. The molecule has 0 aliphatic carbocycles. The lowest BCUT2D eigenvalue weighted by Gasteiger charge is -2.30. The van der Waals surface area contributed by atoms with Crippen LogP contribution in [0.5, 0.6) is 0 Å². The average molecular weight is 313 g/mol. The molecule has 0 radical (unpaired) electrons. The predicted molar refractivity (Wildman–Crippen MR) is 78.2 cm³/mol. The molecule has 1 saturated heterocycles. The summed E-state index contributed by atoms with van der Waals surface area (Å²) < 4.78 is 30.0. The van der Waals surface area contributed by atoms with Crippen LogP contribution < -0.4 is 5.43 Å². The van der Waals surface area contributed by atoms with Crippen molar-refractivity contribution in [1.82, 2.24) is 9.73 Å². The zero-order valence-electron chi connectivity index (χ0n) is 11.9. The smallest absolute Gasteiger partial charge is 0.244 e. The molecule has 1 fully saturated rings. The van der Waals surface area contributed by atoms with Crippen LogP contribution in [0.2, 0.25) is 0 Å². The monoisotopic (exact) mass is 313 g/mol. The molecule has 7 nitrogen and oxygen atoms in total. The molecule has 0 unspecified atom stereocenters. The Labute approximate surface area is 124 Å². The van der Waals surface area contributed by atoms with Gasteiger partial charge in [-0.3, -0.25) is 4.79 Å². The van der Waals surface area contributed by atoms with Crippen LogP contribution in [0.15, 0.2) is 28.1 Å². The Hall–Kier alpha value is -1.67. The van der Waals surface area contributed by atoms with Crippen molar-refractivity contribution in [3.8, 4) is 0 Å². The summed E-state index contributed by atoms with van der Waals surface area (Å²) in [6.07, 6.45) is 5.85. The van der Waals surface area contributed by atoms with Gasteiger partial charge < -0.3 is 4.42 Å². The van der Waals surface area contributed by atoms with Crippen molar-refractivity contribution in [2.24, 2.45) is 11.0 Å². The van der Waals surface area contributed by atoms with Gasteiger partial charge in [0.2, 0.25) is 15.9 Å². The molecular weight excluding hydrogens is 294 g/mol. The van der Waals surface area contributed by atoms with Crippen LogP contribution in [0.4, 0.5) is 0 Å². The number of hydrogen-bond donors (Lipinski definition) is 1. The zero-order chi connectivity index (χ0) is 15.3. The number of amides is 1. The zero-order valence-corrected chi connectivity index (χ0v) is 12.7. The van der Waals surface area contributed by atoms with Crippen molar-refractivity contribution < 1.29 is 17.6 Å². The number of piperidine rings is 1. The summed E-state index contributed by atoms with van der Waals surface area (Å²) >= 11 is 0. The molecule has 2 rings (SSSR count). The molecule has 1 atom stereocenters. The van der Waals surface area contributed by atoms with E-state index in [0.717, 1.165) is 5.56 Å². The van der Waals surface area contributed by atoms with Crippen LogP contribution in [-0.4, -0.2) is 43.7 Å². The Kier molecular flexibility index (Phi) is 5.13. The van der Waals surface area contributed by atoms with Gasteiger partial charge in [-0.2, -0.15) is 5.10 Å². The van der Waals surface area contributed by atoms with Crippen LogP contribution in [0.25, 0.3) is 0 Å². The summed E-state index contributed by atoms with van der Waals surface area (Å²) in [5.41, 5.74) is 3.19. The minimum absolute atomic E-state index is 0.0555. The van der Waals surface area contributed by atoms with Crippen molar-refractivity contribution in [2.75, 3.05) is 18.8 Å². The third-order valence-corrected chi connectivity index (χ3v) is 5.29. The SMILES string of the molecule is CCS(=O)(=O)N1CCC[C@@H](C(=O)N/N=C\c2ccoc2)C1. The van der Waals surface area contributed by atoms with Gasteiger partial charge in [-0.15, -0.1) is 0 Å². The largest absolute Gasteiger partial charge is 0.472 e. The molecule has 1 N–H and O–H groups in total. The molecule has 116 valence electrons. The Bertz CT molecular complexity index is 595. The highest BCUT2D eigenvalue weighted by Gasteiger charge is 2.31. The van der Waals surface area contributed by atoms with Gasteiger partial charge in [0.15, 0.2) is 0 Å². The van der Waals surface area contributed by atoms with E-state index >= 15 is 0 Å². The predicted octanol–water partition coefficient (Wildman–Crippen LogP) is 0.791. The molecule has 0 spiro atoms. The Morgan fingerprint density at radius 2 is 2.43 bits per heavy atom. The van der Waals surface area contributed by atoms with E-state index in [1.807, 2.05) is 0 Å². The van der Waals surface area contributed by atoms with Gasteiger partial charge in [-0.05, 0) is 25.8 Å². The number of nitrogens with zero attached hydrogens (tertiary/aromatic N) is 2. The number of sulfonamides is 1. The molecule has 1 aromatic heterocycles. The Morgan fingerprint density at radius 3 is 3.10 bits per heavy atom. The molecule has 8 heteroatoms. The van der Waals surface area contributed by atoms with Crippen LogP contribution in [0.3, 0.4) is 0 Å². The first kappa shape index (κ1) is 15.7. The topological polar surface area (TPSA) is 92.0 Å². The lowest BCUT2D eigenvalue weighted by molar-refractivity contribution is -0.126. The maximum Gasteiger partial charge on any atom is 0.244 e. The van der Waals surface area contributed by atoms with Crippen molar-refractivity contribution >= 4 is 22.1 Å². The highest BCUT2D eigenvalue weighted by molar-refractivity contribution is 7.89. The molecule has 1 aliphatic rings. The molecule has 1 amide bonds. The number of nitrogens with one attached hydrogen (secondary N) is 1. The molecule has 0 bridgehead atoms. The van der Waals surface area contributed by atoms with Crippen LogP contribution in [0, 0.1) is 5.92 Å². The average Bonchev–Trinajstić information content (AvgIpc) is 3.00. The van der Waals surface area contributed by atoms with E-state index in [1.54, 1.807) is 13.0 Å². The third-order valence-electron chi connectivity index (χ3n) is 3.44. The molecule has 1 aromatic rings. The normalized spacial score (nSPS) is 20.7. The van der Waals surface area contributed by atoms with E-state index in [2.05, 4.69) is 10.5 Å². The number of carbonyl (C=O) groups excluding carboxylic acids is 1. The fraction of sp³-hybridized carbons (Fsp3) is 0.538. The van der Waals surface area contributed by atoms with Gasteiger partial charge >= 0.3 is 0 Å². The van der Waals surface area contributed by atoms with Gasteiger partial charge in [-0.1, -0.05) is 0 Å². The summed E-state index contributed by atoms with van der Waals surface area (Å²) in [5.74, 6) is -0.563. The summed E-state index contributed by atoms with van der Waals surface area (Å²) in [6.45, 7) is 2.32. The molecular formula is C13H19N3O4S. The van der Waals surface area contributed by atoms with Crippen molar-refractivity contribution in [1.29, 1.82) is 0 Å². The van der Waals surface area contributed by atoms with Crippen molar-refractivity contribution in [2.45, 2.75) is 19.8 Å². The fourth-order valence-electron chi connectivity index (χ4n) is 2.20. The maximum atomic E-state index is 12.0. The van der Waals surface area contributed by atoms with Crippen LogP contribution in [0.1, 0.15) is 25.3 Å². The van der Waals surface area contributed by atoms with Gasteiger partial charge in [0, 0.05) is 18.7 Å². The summed E-state index contributed by atoms with van der Waals surface area (Å²) in [4.78, 5) is 12.0. The summed E-state index contributed by atoms with van der Waals surface area (Å²) in [5, 5.41) is 3.84. The minimum atomic E-state index is -3.24. The second kappa shape index (κ2) is 6.86. The van der Waals surface area contributed by atoms with Crippen molar-refractivity contribution in [3.05, 3.63) is 24.2 Å². The van der Waals surface area contributed by atoms with Gasteiger partial charge in [0.25, 0.3) is 0 Å². The number of rotatable bonds is 5. The maximum absolute atomic E-state index is 12.0. The Morgan fingerprint density at radius 1 is 1.62 bits per heavy atom. The van der Waals surface area contributed by atoms with Gasteiger partial charge in [0.05, 0.1) is 30.4 Å². The van der Waals surface area contributed by atoms with Crippen LogP contribution >= 0.6 is 0 Å². The van der Waals surface area contributed by atoms with E-state index in [4.69, 9.17) is 4.42 Å². The third kappa shape index (κ3) is 4.15. The van der Waals surface area contributed by atoms with E-state index in [9.17, 15) is 13.2 Å². The summed E-state index contributed by atoms with van der Waals surface area (Å²) in [7, 11) is -3.24. The number of hydrazone groups is 1. The van der Waals surface area contributed by atoms with E-state index in [-0.39, 0.29) is 24.1 Å². The second-order valence-electron chi connectivity index (χ2n) is 4.89. The fourth-order valence-corrected chi connectivity index (χ4v) is 3.38. The lowest BCUT2D eigenvalue weighted by atomic mass is 9.99. The van der Waals surface area contributed by atoms with Gasteiger partial charge in [-0.25, -0.2) is 18.1 Å². The first-order valence-corrected chi connectivity index (χ1v) is 8.47. The number of hydrogen-bond acceptors (Lipinski definition) is 5. The highest BCUT2D eigenvalue weighted by Crippen LogP contribution is 2.19. The van der Waals surface area contributed by atoms with E-state index in [1.165, 1.54) is 23.0 Å². The molecule has 2 heterocycles. The van der Waals surface area contributed by atoms with Gasteiger partial charge in [0.1, 0.15) is 0 Å². The standard InChI is InChI=1S/C13H19N3O4S/c1-2-21(18,19)16-6-3-4-12(9-16)13(17)15-14-8-11-5-7-20-10-11/h5,7-8,10,12H,2-4,6,9H2,1H3,(H,15,17)/b14-8-/t12-/m1/s1. The van der Waals surface area contributed by atoms with Crippen molar-refractivity contribution in [3.63, 3.8) is 0 Å². The first-order chi connectivity index (χ1) is 10.0. The molecule has 0 aromatic carbocycles. The quantitative estimate of drug-likeness (QED) is 0.642. The van der Waals surface area contributed by atoms with E-state index < -0.39 is 10.0 Å². The first-order valence-electron chi connectivity index (χ1n) is 6.86. The molecule has 1 aliphatic heterocycles. The highest BCUT2D eigenvalue weighted by atomic mass is 32.2. The van der Waals surface area contributed by atoms with E-state index in [0.29, 0.717) is 19.4 Å². The minimum Gasteiger partial charge on any atom is -0.472 e. The molecule has 0 saturated carbocycles. The second-order valence-corrected chi connectivity index (χ2v) is 7.15. The lowest BCUT2D eigenvalue weighted by Crippen LogP contribution is -2.45. The molecule has 21 heavy (non-hydrogen) atoms. The number of furan rings is 1. The Balaban J connectivity index is 1.90.